The van der Waals surface area contributed by atoms with E-state index in [0.717, 1.165) is 23.4 Å². The Kier molecular flexibility index (Phi) is 4.63. The first kappa shape index (κ1) is 15.5. The van der Waals surface area contributed by atoms with E-state index in [0.29, 0.717) is 12.4 Å². The normalized spacial score (nSPS) is 11.5. The Morgan fingerprint density at radius 2 is 1.71 bits per heavy atom. The van der Waals surface area contributed by atoms with Gasteiger partial charge in [0.15, 0.2) is 0 Å². The van der Waals surface area contributed by atoms with E-state index in [1.807, 2.05) is 24.3 Å². The van der Waals surface area contributed by atoms with Gasteiger partial charge in [0, 0.05) is 18.0 Å². The SMILES string of the molecule is CCc1ccc(Oc2cc(CN)cc(C(C)(C)C)n2)cc1. The molecule has 0 unspecified atom stereocenters. The Labute approximate surface area is 127 Å². The second kappa shape index (κ2) is 6.27. The van der Waals surface area contributed by atoms with Gasteiger partial charge in [-0.2, -0.15) is 0 Å². The molecule has 2 aromatic rings. The number of rotatable bonds is 4. The summed E-state index contributed by atoms with van der Waals surface area (Å²) >= 11 is 0. The molecule has 2 rings (SSSR count). The smallest absolute Gasteiger partial charge is 0.219 e. The van der Waals surface area contributed by atoms with Gasteiger partial charge in [-0.25, -0.2) is 4.98 Å². The molecule has 112 valence electrons. The van der Waals surface area contributed by atoms with E-state index in [1.54, 1.807) is 0 Å². The summed E-state index contributed by atoms with van der Waals surface area (Å²) in [5, 5.41) is 0. The van der Waals surface area contributed by atoms with Crippen LogP contribution in [0.25, 0.3) is 0 Å². The fourth-order valence-electron chi connectivity index (χ4n) is 2.03. The van der Waals surface area contributed by atoms with Crippen LogP contribution in [-0.4, -0.2) is 4.98 Å². The van der Waals surface area contributed by atoms with E-state index >= 15 is 0 Å². The number of hydrogen-bond acceptors (Lipinski definition) is 3. The van der Waals surface area contributed by atoms with Gasteiger partial charge in [0.25, 0.3) is 0 Å². The van der Waals surface area contributed by atoms with Gasteiger partial charge in [0.2, 0.25) is 5.88 Å². The third kappa shape index (κ3) is 4.05. The van der Waals surface area contributed by atoms with Crippen LogP contribution < -0.4 is 10.5 Å². The Balaban J connectivity index is 2.29. The molecule has 0 radical (unpaired) electrons. The van der Waals surface area contributed by atoms with Crippen molar-refractivity contribution in [3.05, 3.63) is 53.2 Å². The van der Waals surface area contributed by atoms with Gasteiger partial charge >= 0.3 is 0 Å². The summed E-state index contributed by atoms with van der Waals surface area (Å²) in [5.74, 6) is 1.40. The highest BCUT2D eigenvalue weighted by Crippen LogP contribution is 2.27. The average Bonchev–Trinajstić information content (AvgIpc) is 2.46. The molecule has 0 saturated heterocycles. The molecule has 1 heterocycles. The number of nitrogens with zero attached hydrogens (tertiary/aromatic N) is 1. The lowest BCUT2D eigenvalue weighted by molar-refractivity contribution is 0.450. The van der Waals surface area contributed by atoms with Gasteiger partial charge in [-0.15, -0.1) is 0 Å². The molecule has 0 bridgehead atoms. The zero-order valence-electron chi connectivity index (χ0n) is 13.3. The lowest BCUT2D eigenvalue weighted by Crippen LogP contribution is -2.15. The largest absolute Gasteiger partial charge is 0.439 e. The minimum Gasteiger partial charge on any atom is -0.439 e. The first-order chi connectivity index (χ1) is 9.92. The zero-order chi connectivity index (χ0) is 15.5. The molecule has 0 amide bonds. The maximum Gasteiger partial charge on any atom is 0.219 e. The standard InChI is InChI=1S/C18H24N2O/c1-5-13-6-8-15(9-7-13)21-17-11-14(12-19)10-16(20-17)18(2,3)4/h6-11H,5,12,19H2,1-4H3. The van der Waals surface area contributed by atoms with E-state index in [9.17, 15) is 0 Å². The highest BCUT2D eigenvalue weighted by Gasteiger charge is 2.17. The summed E-state index contributed by atoms with van der Waals surface area (Å²) in [4.78, 5) is 4.61. The van der Waals surface area contributed by atoms with Crippen LogP contribution in [0.2, 0.25) is 0 Å². The monoisotopic (exact) mass is 284 g/mol. The fourth-order valence-corrected chi connectivity index (χ4v) is 2.03. The third-order valence-corrected chi connectivity index (χ3v) is 3.42. The predicted molar refractivity (Wildman–Crippen MR) is 86.7 cm³/mol. The van der Waals surface area contributed by atoms with Crippen molar-refractivity contribution in [1.29, 1.82) is 0 Å². The van der Waals surface area contributed by atoms with Gasteiger partial charge in [0.05, 0.1) is 5.69 Å². The van der Waals surface area contributed by atoms with Crippen LogP contribution in [0.1, 0.15) is 44.5 Å². The van der Waals surface area contributed by atoms with Crippen LogP contribution in [0, 0.1) is 0 Å². The summed E-state index contributed by atoms with van der Waals surface area (Å²) in [7, 11) is 0. The Morgan fingerprint density at radius 3 is 2.24 bits per heavy atom. The molecule has 0 fully saturated rings. The van der Waals surface area contributed by atoms with Crippen LogP contribution in [0.4, 0.5) is 0 Å². The van der Waals surface area contributed by atoms with Crippen molar-refractivity contribution in [2.75, 3.05) is 0 Å². The fraction of sp³-hybridized carbons (Fsp3) is 0.389. The Morgan fingerprint density at radius 1 is 1.05 bits per heavy atom. The maximum absolute atomic E-state index is 5.89. The molecule has 1 aromatic carbocycles. The first-order valence-corrected chi connectivity index (χ1v) is 7.40. The molecule has 2 N–H and O–H groups in total. The second-order valence-electron chi connectivity index (χ2n) is 6.25. The lowest BCUT2D eigenvalue weighted by atomic mass is 9.91. The van der Waals surface area contributed by atoms with E-state index in [1.165, 1.54) is 5.56 Å². The van der Waals surface area contributed by atoms with Gasteiger partial charge in [-0.1, -0.05) is 39.8 Å². The number of aromatic nitrogens is 1. The van der Waals surface area contributed by atoms with E-state index in [4.69, 9.17) is 10.5 Å². The van der Waals surface area contributed by atoms with Crippen molar-refractivity contribution < 1.29 is 4.74 Å². The second-order valence-corrected chi connectivity index (χ2v) is 6.25. The lowest BCUT2D eigenvalue weighted by Gasteiger charge is -2.19. The van der Waals surface area contributed by atoms with Crippen LogP contribution >= 0.6 is 0 Å². The molecule has 0 spiro atoms. The van der Waals surface area contributed by atoms with Crippen molar-refractivity contribution in [1.82, 2.24) is 4.98 Å². The molecule has 1 aromatic heterocycles. The minimum absolute atomic E-state index is 0.0324. The predicted octanol–water partition coefficient (Wildman–Crippen LogP) is 4.19. The van der Waals surface area contributed by atoms with E-state index in [-0.39, 0.29) is 5.41 Å². The summed E-state index contributed by atoms with van der Waals surface area (Å²) in [5.41, 5.74) is 9.07. The molecule has 0 atom stereocenters. The number of hydrogen-bond donors (Lipinski definition) is 1. The number of pyridine rings is 1. The van der Waals surface area contributed by atoms with Gasteiger partial charge in [-0.05, 0) is 35.7 Å². The van der Waals surface area contributed by atoms with Crippen LogP contribution in [-0.2, 0) is 18.4 Å². The Hall–Kier alpha value is -1.87. The maximum atomic E-state index is 5.89. The summed E-state index contributed by atoms with van der Waals surface area (Å²) in [6.07, 6.45) is 1.02. The molecule has 21 heavy (non-hydrogen) atoms. The average molecular weight is 284 g/mol. The third-order valence-electron chi connectivity index (χ3n) is 3.42. The van der Waals surface area contributed by atoms with Gasteiger partial charge < -0.3 is 10.5 Å². The molecule has 3 heteroatoms. The zero-order valence-corrected chi connectivity index (χ0v) is 13.3. The molecular formula is C18H24N2O. The molecule has 0 saturated carbocycles. The van der Waals surface area contributed by atoms with Crippen molar-refractivity contribution in [3.8, 4) is 11.6 Å². The minimum atomic E-state index is -0.0324. The van der Waals surface area contributed by atoms with Crippen molar-refractivity contribution in [2.24, 2.45) is 5.73 Å². The van der Waals surface area contributed by atoms with Crippen LogP contribution in [0.3, 0.4) is 0 Å². The van der Waals surface area contributed by atoms with Gasteiger partial charge in [-0.3, -0.25) is 0 Å². The number of benzene rings is 1. The Bertz CT molecular complexity index is 598. The van der Waals surface area contributed by atoms with E-state index in [2.05, 4.69) is 44.8 Å². The summed E-state index contributed by atoms with van der Waals surface area (Å²) < 4.78 is 5.89. The topological polar surface area (TPSA) is 48.1 Å². The van der Waals surface area contributed by atoms with Gasteiger partial charge in [0.1, 0.15) is 5.75 Å². The first-order valence-electron chi connectivity index (χ1n) is 7.40. The molecule has 0 aliphatic heterocycles. The van der Waals surface area contributed by atoms with Crippen molar-refractivity contribution >= 4 is 0 Å². The van der Waals surface area contributed by atoms with E-state index < -0.39 is 0 Å². The molecule has 0 aliphatic carbocycles. The highest BCUT2D eigenvalue weighted by molar-refractivity contribution is 5.34. The van der Waals surface area contributed by atoms with Crippen LogP contribution in [0.15, 0.2) is 36.4 Å². The number of ether oxygens (including phenoxy) is 1. The number of nitrogens with two attached hydrogens (primary N) is 1. The summed E-state index contributed by atoms with van der Waals surface area (Å²) in [6, 6.07) is 12.1. The summed E-state index contributed by atoms with van der Waals surface area (Å²) in [6.45, 7) is 9.02. The van der Waals surface area contributed by atoms with Crippen molar-refractivity contribution in [3.63, 3.8) is 0 Å². The number of aryl methyl sites for hydroxylation is 1. The quantitative estimate of drug-likeness (QED) is 0.915. The highest BCUT2D eigenvalue weighted by atomic mass is 16.5. The molecular weight excluding hydrogens is 260 g/mol. The van der Waals surface area contributed by atoms with Crippen LogP contribution in [0.5, 0.6) is 11.6 Å². The molecule has 0 aliphatic rings. The van der Waals surface area contributed by atoms with Crippen molar-refractivity contribution in [2.45, 2.75) is 46.1 Å². The molecule has 3 nitrogen and oxygen atoms in total.